The van der Waals surface area contributed by atoms with E-state index in [-0.39, 0.29) is 35.1 Å². The lowest BCUT2D eigenvalue weighted by molar-refractivity contribution is -0.0512. The number of anilines is 1. The molecular formula is C23H25F2N3O5S. The predicted molar refractivity (Wildman–Crippen MR) is 126 cm³/mol. The van der Waals surface area contributed by atoms with Gasteiger partial charge in [-0.1, -0.05) is 30.8 Å². The first-order chi connectivity index (χ1) is 16.3. The second-order valence-electron chi connectivity index (χ2n) is 7.11. The smallest absolute Gasteiger partial charge is 0.411 e. The van der Waals surface area contributed by atoms with Crippen molar-refractivity contribution in [2.45, 2.75) is 38.7 Å². The molecule has 1 aliphatic heterocycles. The topological polar surface area (TPSA) is 89.5 Å². The molecule has 1 N–H and O–H groups in total. The molecule has 0 radical (unpaired) electrons. The first-order valence-electron chi connectivity index (χ1n) is 10.6. The van der Waals surface area contributed by atoms with E-state index in [1.54, 1.807) is 37.3 Å². The van der Waals surface area contributed by atoms with Gasteiger partial charge in [-0.2, -0.15) is 13.9 Å². The van der Waals surface area contributed by atoms with Crippen LogP contribution in [-0.4, -0.2) is 47.6 Å². The van der Waals surface area contributed by atoms with Crippen molar-refractivity contribution in [1.82, 2.24) is 5.01 Å². The molecule has 2 aromatic rings. The van der Waals surface area contributed by atoms with Crippen LogP contribution in [0.2, 0.25) is 0 Å². The molecule has 34 heavy (non-hydrogen) atoms. The first kappa shape index (κ1) is 25.3. The maximum absolute atomic E-state index is 12.9. The van der Waals surface area contributed by atoms with Crippen molar-refractivity contribution in [3.8, 4) is 11.5 Å². The second kappa shape index (κ2) is 11.7. The fourth-order valence-electron chi connectivity index (χ4n) is 3.27. The van der Waals surface area contributed by atoms with Crippen molar-refractivity contribution in [3.05, 3.63) is 53.6 Å². The zero-order valence-corrected chi connectivity index (χ0v) is 19.7. The summed E-state index contributed by atoms with van der Waals surface area (Å²) in [7, 11) is 1.37. The summed E-state index contributed by atoms with van der Waals surface area (Å²) in [5.41, 5.74) is 2.48. The van der Waals surface area contributed by atoms with Gasteiger partial charge in [0.25, 0.3) is 0 Å². The molecule has 1 aliphatic rings. The van der Waals surface area contributed by atoms with E-state index >= 15 is 0 Å². The number of hydrogen-bond donors (Lipinski definition) is 1. The van der Waals surface area contributed by atoms with Crippen molar-refractivity contribution in [1.29, 1.82) is 0 Å². The van der Waals surface area contributed by atoms with Crippen LogP contribution in [0.25, 0.3) is 0 Å². The summed E-state index contributed by atoms with van der Waals surface area (Å²) >= 11 is 1.13. The molecule has 1 atom stereocenters. The highest BCUT2D eigenvalue weighted by Crippen LogP contribution is 2.34. The Bertz CT molecular complexity index is 1050. The van der Waals surface area contributed by atoms with Crippen LogP contribution in [0.1, 0.15) is 31.4 Å². The van der Waals surface area contributed by atoms with E-state index in [0.717, 1.165) is 17.3 Å². The number of rotatable bonds is 9. The van der Waals surface area contributed by atoms with Gasteiger partial charge in [-0.25, -0.2) is 9.80 Å². The van der Waals surface area contributed by atoms with E-state index in [0.29, 0.717) is 23.4 Å². The molecule has 182 valence electrons. The standard InChI is InChI=1S/C23H25F2N3O5S/c1-4-19-20(15-8-11-17(31-3)18(12-15)33-21(24)25)27-28(23(30)34-19)13-14-6-9-16(10-7-14)26-22(29)32-5-2/h6-12,19,21H,4-5,13H2,1-3H3,(H,26,29). The maximum atomic E-state index is 12.9. The summed E-state index contributed by atoms with van der Waals surface area (Å²) in [5.74, 6) is 0.0660. The SMILES string of the molecule is CCOC(=O)Nc1ccc(CN2N=C(c3ccc(OC)c(OC(F)F)c3)C(CC)SC2=O)cc1. The number of hydrazone groups is 1. The Kier molecular flexibility index (Phi) is 8.69. The fraction of sp³-hybridized carbons (Fsp3) is 0.348. The molecule has 3 rings (SSSR count). The lowest BCUT2D eigenvalue weighted by Gasteiger charge is -2.28. The van der Waals surface area contributed by atoms with Crippen molar-refractivity contribution in [3.63, 3.8) is 0 Å². The van der Waals surface area contributed by atoms with Crippen LogP contribution in [0.4, 0.5) is 24.1 Å². The molecule has 2 aromatic carbocycles. The van der Waals surface area contributed by atoms with Gasteiger partial charge in [0.05, 0.1) is 31.2 Å². The van der Waals surface area contributed by atoms with Gasteiger partial charge in [-0.3, -0.25) is 10.1 Å². The highest BCUT2D eigenvalue weighted by atomic mass is 32.2. The van der Waals surface area contributed by atoms with Gasteiger partial charge in [0.1, 0.15) is 0 Å². The minimum atomic E-state index is -3.01. The van der Waals surface area contributed by atoms with Crippen LogP contribution in [-0.2, 0) is 11.3 Å². The quantitative estimate of drug-likeness (QED) is 0.481. The largest absolute Gasteiger partial charge is 0.493 e. The number of amides is 2. The van der Waals surface area contributed by atoms with Crippen LogP contribution in [0.15, 0.2) is 47.6 Å². The second-order valence-corrected chi connectivity index (χ2v) is 8.26. The monoisotopic (exact) mass is 493 g/mol. The van der Waals surface area contributed by atoms with Gasteiger partial charge < -0.3 is 14.2 Å². The van der Waals surface area contributed by atoms with E-state index in [9.17, 15) is 18.4 Å². The summed E-state index contributed by atoms with van der Waals surface area (Å²) in [6.07, 6.45) is 0.0707. The van der Waals surface area contributed by atoms with Crippen LogP contribution in [0.3, 0.4) is 0 Å². The van der Waals surface area contributed by atoms with Crippen LogP contribution in [0, 0.1) is 0 Å². The molecule has 0 aromatic heterocycles. The van der Waals surface area contributed by atoms with Gasteiger partial charge in [-0.05, 0) is 49.2 Å². The third kappa shape index (κ3) is 6.37. The van der Waals surface area contributed by atoms with Crippen LogP contribution in [0.5, 0.6) is 11.5 Å². The Labute approximate surface area is 200 Å². The number of halogens is 2. The number of carbonyl (C=O) groups excluding carboxylic acids is 2. The molecule has 11 heteroatoms. The molecule has 0 saturated carbocycles. The van der Waals surface area contributed by atoms with Gasteiger partial charge in [-0.15, -0.1) is 0 Å². The van der Waals surface area contributed by atoms with Crippen molar-refractivity contribution in [2.24, 2.45) is 5.10 Å². The first-order valence-corrected chi connectivity index (χ1v) is 11.4. The number of alkyl halides is 2. The Morgan fingerprint density at radius 2 is 1.91 bits per heavy atom. The van der Waals surface area contributed by atoms with Crippen molar-refractivity contribution < 1.29 is 32.6 Å². The lowest BCUT2D eigenvalue weighted by atomic mass is 10.0. The highest BCUT2D eigenvalue weighted by Gasteiger charge is 2.31. The number of ether oxygens (including phenoxy) is 3. The maximum Gasteiger partial charge on any atom is 0.411 e. The minimum absolute atomic E-state index is 0.106. The minimum Gasteiger partial charge on any atom is -0.493 e. The molecule has 0 aliphatic carbocycles. The molecule has 2 amide bonds. The third-order valence-corrected chi connectivity index (χ3v) is 6.10. The van der Waals surface area contributed by atoms with Crippen molar-refractivity contribution in [2.75, 3.05) is 19.0 Å². The Hall–Kier alpha value is -3.34. The molecule has 8 nitrogen and oxygen atoms in total. The normalized spacial score (nSPS) is 15.7. The molecule has 1 unspecified atom stereocenters. The summed E-state index contributed by atoms with van der Waals surface area (Å²) in [6.45, 7) is 1.09. The molecule has 0 saturated heterocycles. The number of carbonyl (C=O) groups is 2. The molecule has 0 bridgehead atoms. The highest BCUT2D eigenvalue weighted by molar-refractivity contribution is 8.14. The van der Waals surface area contributed by atoms with E-state index in [2.05, 4.69) is 15.2 Å². The fourth-order valence-corrected chi connectivity index (χ4v) is 4.20. The Morgan fingerprint density at radius 1 is 1.18 bits per heavy atom. The van der Waals surface area contributed by atoms with E-state index < -0.39 is 12.7 Å². The van der Waals surface area contributed by atoms with Crippen LogP contribution < -0.4 is 14.8 Å². The summed E-state index contributed by atoms with van der Waals surface area (Å²) < 4.78 is 40.2. The van der Waals surface area contributed by atoms with Gasteiger partial charge >= 0.3 is 17.9 Å². The summed E-state index contributed by atoms with van der Waals surface area (Å²) in [6, 6.07) is 11.6. The number of methoxy groups -OCH3 is 1. The van der Waals surface area contributed by atoms with E-state index in [1.807, 2.05) is 6.92 Å². The number of benzene rings is 2. The van der Waals surface area contributed by atoms with Gasteiger partial charge in [0.2, 0.25) is 0 Å². The van der Waals surface area contributed by atoms with Gasteiger partial charge in [0.15, 0.2) is 11.5 Å². The average molecular weight is 494 g/mol. The number of nitrogens with zero attached hydrogens (tertiary/aromatic N) is 2. The average Bonchev–Trinajstić information content (AvgIpc) is 2.81. The van der Waals surface area contributed by atoms with Crippen LogP contribution >= 0.6 is 11.8 Å². The molecule has 1 heterocycles. The lowest BCUT2D eigenvalue weighted by Crippen LogP contribution is -2.34. The number of thioether (sulfide) groups is 1. The summed E-state index contributed by atoms with van der Waals surface area (Å²) in [4.78, 5) is 24.3. The Balaban J connectivity index is 1.84. The van der Waals surface area contributed by atoms with E-state index in [4.69, 9.17) is 9.47 Å². The molecule has 0 spiro atoms. The van der Waals surface area contributed by atoms with Crippen molar-refractivity contribution >= 4 is 34.5 Å². The van der Waals surface area contributed by atoms with E-state index in [1.165, 1.54) is 24.3 Å². The summed E-state index contributed by atoms with van der Waals surface area (Å²) in [5, 5.41) is 8.03. The predicted octanol–water partition coefficient (Wildman–Crippen LogP) is 5.72. The molecular weight excluding hydrogens is 468 g/mol. The number of hydrogen-bond acceptors (Lipinski definition) is 7. The third-order valence-electron chi connectivity index (χ3n) is 4.84. The molecule has 0 fully saturated rings. The van der Waals surface area contributed by atoms with Gasteiger partial charge in [0, 0.05) is 11.3 Å². The zero-order valence-electron chi connectivity index (χ0n) is 18.9. The number of nitrogens with one attached hydrogen (secondary N) is 1. The zero-order chi connectivity index (χ0) is 24.7. The Morgan fingerprint density at radius 3 is 2.53 bits per heavy atom.